The van der Waals surface area contributed by atoms with Crippen LogP contribution in [0.3, 0.4) is 0 Å². The van der Waals surface area contributed by atoms with Gasteiger partial charge < -0.3 is 19.3 Å². The zero-order chi connectivity index (χ0) is 19.9. The van der Waals surface area contributed by atoms with Gasteiger partial charge in [0.25, 0.3) is 5.91 Å². The van der Waals surface area contributed by atoms with Gasteiger partial charge in [-0.3, -0.25) is 4.79 Å². The lowest BCUT2D eigenvalue weighted by atomic mass is 10.1. The Morgan fingerprint density at radius 1 is 1.04 bits per heavy atom. The number of para-hydroxylation sites is 1. The second kappa shape index (κ2) is 8.77. The zero-order valence-corrected chi connectivity index (χ0v) is 15.5. The monoisotopic (exact) mass is 380 g/mol. The summed E-state index contributed by atoms with van der Waals surface area (Å²) in [4.78, 5) is 11.9. The summed E-state index contributed by atoms with van der Waals surface area (Å²) < 4.78 is 15.7. The highest BCUT2D eigenvalue weighted by Crippen LogP contribution is 2.28. The minimum absolute atomic E-state index is 0.0490. The first-order chi connectivity index (χ1) is 13.6. The summed E-state index contributed by atoms with van der Waals surface area (Å²) in [6.45, 7) is -0.191. The van der Waals surface area contributed by atoms with Crippen LogP contribution in [0, 0.1) is 0 Å². The van der Waals surface area contributed by atoms with Crippen molar-refractivity contribution in [3.63, 3.8) is 0 Å². The Bertz CT molecular complexity index is 1020. The molecule has 0 saturated heterocycles. The molecule has 0 aliphatic heterocycles. The molecule has 0 bridgehead atoms. The van der Waals surface area contributed by atoms with E-state index in [4.69, 9.17) is 14.2 Å². The number of hydrogen-bond donors (Lipinski definition) is 2. The van der Waals surface area contributed by atoms with E-state index in [0.29, 0.717) is 17.1 Å². The third-order valence-corrected chi connectivity index (χ3v) is 4.03. The minimum atomic E-state index is -0.423. The van der Waals surface area contributed by atoms with E-state index in [2.05, 4.69) is 10.5 Å². The number of nitrogens with zero attached hydrogens (tertiary/aromatic N) is 1. The molecule has 28 heavy (non-hydrogen) atoms. The summed E-state index contributed by atoms with van der Waals surface area (Å²) in [7, 11) is 3.08. The minimum Gasteiger partial charge on any atom is -0.504 e. The van der Waals surface area contributed by atoms with Gasteiger partial charge in [0.2, 0.25) is 0 Å². The van der Waals surface area contributed by atoms with Crippen LogP contribution in [-0.4, -0.2) is 38.1 Å². The molecule has 0 radical (unpaired) electrons. The molecule has 0 spiro atoms. The fourth-order valence-corrected chi connectivity index (χ4v) is 2.58. The molecule has 2 N–H and O–H groups in total. The largest absolute Gasteiger partial charge is 0.504 e. The van der Waals surface area contributed by atoms with E-state index in [1.807, 2.05) is 30.3 Å². The van der Waals surface area contributed by atoms with Gasteiger partial charge in [-0.2, -0.15) is 5.10 Å². The Morgan fingerprint density at radius 2 is 1.75 bits per heavy atom. The molecule has 1 amide bonds. The average molecular weight is 380 g/mol. The first kappa shape index (κ1) is 19.0. The van der Waals surface area contributed by atoms with Gasteiger partial charge in [0.15, 0.2) is 18.1 Å². The van der Waals surface area contributed by atoms with Crippen molar-refractivity contribution in [2.45, 2.75) is 0 Å². The zero-order valence-electron chi connectivity index (χ0n) is 15.5. The number of phenols is 1. The van der Waals surface area contributed by atoms with Crippen LogP contribution in [0.1, 0.15) is 5.56 Å². The number of aromatic hydroxyl groups is 1. The number of ether oxygens (including phenoxy) is 3. The predicted molar refractivity (Wildman–Crippen MR) is 106 cm³/mol. The Labute approximate surface area is 162 Å². The number of hydrazone groups is 1. The van der Waals surface area contributed by atoms with Crippen molar-refractivity contribution in [2.24, 2.45) is 5.10 Å². The maximum Gasteiger partial charge on any atom is 0.277 e. The van der Waals surface area contributed by atoms with Crippen molar-refractivity contribution >= 4 is 22.9 Å². The molecule has 0 unspecified atom stereocenters. The van der Waals surface area contributed by atoms with Gasteiger partial charge in [-0.05, 0) is 47.2 Å². The molecule has 0 atom stereocenters. The van der Waals surface area contributed by atoms with Crippen LogP contribution in [0.15, 0.2) is 59.7 Å². The summed E-state index contributed by atoms with van der Waals surface area (Å²) >= 11 is 0. The lowest BCUT2D eigenvalue weighted by molar-refractivity contribution is -0.123. The molecule has 3 aromatic carbocycles. The molecule has 7 nitrogen and oxygen atoms in total. The Hall–Kier alpha value is -3.74. The Balaban J connectivity index is 1.56. The van der Waals surface area contributed by atoms with E-state index in [1.54, 1.807) is 31.4 Å². The van der Waals surface area contributed by atoms with Gasteiger partial charge in [-0.15, -0.1) is 0 Å². The summed E-state index contributed by atoms with van der Waals surface area (Å²) in [5.41, 5.74) is 2.78. The third-order valence-electron chi connectivity index (χ3n) is 4.03. The van der Waals surface area contributed by atoms with Crippen LogP contribution in [-0.2, 0) is 4.79 Å². The van der Waals surface area contributed by atoms with E-state index in [9.17, 15) is 9.90 Å². The van der Waals surface area contributed by atoms with Crippen molar-refractivity contribution in [3.05, 3.63) is 60.2 Å². The molecule has 0 aromatic heterocycles. The summed E-state index contributed by atoms with van der Waals surface area (Å²) in [5.74, 6) is 1.20. The van der Waals surface area contributed by atoms with Crippen LogP contribution in [0.25, 0.3) is 10.8 Å². The SMILES string of the molecule is COc1ccc2cc(OCC(=O)N/N=C\c3cccc(OC)c3O)ccc2c1. The summed E-state index contributed by atoms with van der Waals surface area (Å²) in [5, 5.41) is 15.8. The third kappa shape index (κ3) is 4.50. The summed E-state index contributed by atoms with van der Waals surface area (Å²) in [6, 6.07) is 16.2. The molecule has 3 aromatic rings. The molecule has 0 aliphatic rings. The molecule has 0 fully saturated rings. The molecular formula is C21H20N2O5. The lowest BCUT2D eigenvalue weighted by Gasteiger charge is -2.08. The highest BCUT2D eigenvalue weighted by Gasteiger charge is 2.06. The molecule has 144 valence electrons. The van der Waals surface area contributed by atoms with Crippen molar-refractivity contribution in [2.75, 3.05) is 20.8 Å². The molecule has 7 heteroatoms. The number of hydrogen-bond acceptors (Lipinski definition) is 6. The van der Waals surface area contributed by atoms with Crippen molar-refractivity contribution < 1.29 is 24.1 Å². The Kier molecular flexibility index (Phi) is 5.96. The topological polar surface area (TPSA) is 89.4 Å². The lowest BCUT2D eigenvalue weighted by Crippen LogP contribution is -2.24. The molecule has 0 saturated carbocycles. The second-order valence-corrected chi connectivity index (χ2v) is 5.85. The molecule has 0 aliphatic carbocycles. The van der Waals surface area contributed by atoms with E-state index in [1.165, 1.54) is 13.3 Å². The number of rotatable bonds is 7. The number of fused-ring (bicyclic) bond motifs is 1. The van der Waals surface area contributed by atoms with Gasteiger partial charge in [0, 0.05) is 5.56 Å². The standard InChI is InChI=1S/C21H20N2O5/c1-26-17-8-6-15-11-18(9-7-14(15)10-17)28-13-20(24)23-22-12-16-4-3-5-19(27-2)21(16)25/h3-12,25H,13H2,1-2H3,(H,23,24)/b22-12-. The highest BCUT2D eigenvalue weighted by molar-refractivity contribution is 5.87. The van der Waals surface area contributed by atoms with Crippen LogP contribution in [0.2, 0.25) is 0 Å². The Morgan fingerprint density at radius 3 is 2.46 bits per heavy atom. The van der Waals surface area contributed by atoms with Crippen LogP contribution in [0.5, 0.6) is 23.0 Å². The molecule has 0 heterocycles. The maximum absolute atomic E-state index is 11.9. The van der Waals surface area contributed by atoms with Crippen molar-refractivity contribution in [1.29, 1.82) is 0 Å². The number of phenolic OH excluding ortho intramolecular Hbond substituents is 1. The first-order valence-electron chi connectivity index (χ1n) is 8.49. The highest BCUT2D eigenvalue weighted by atomic mass is 16.5. The number of carbonyl (C=O) groups excluding carboxylic acids is 1. The number of carbonyl (C=O) groups is 1. The summed E-state index contributed by atoms with van der Waals surface area (Å²) in [6.07, 6.45) is 1.33. The van der Waals surface area contributed by atoms with Crippen LogP contribution >= 0.6 is 0 Å². The number of amides is 1. The van der Waals surface area contributed by atoms with Crippen LogP contribution < -0.4 is 19.6 Å². The van der Waals surface area contributed by atoms with Gasteiger partial charge in [0.1, 0.15) is 11.5 Å². The van der Waals surface area contributed by atoms with Crippen LogP contribution in [0.4, 0.5) is 0 Å². The smallest absolute Gasteiger partial charge is 0.277 e. The van der Waals surface area contributed by atoms with E-state index in [0.717, 1.165) is 16.5 Å². The van der Waals surface area contributed by atoms with Gasteiger partial charge in [-0.25, -0.2) is 5.43 Å². The number of nitrogens with one attached hydrogen (secondary N) is 1. The quantitative estimate of drug-likeness (QED) is 0.486. The second-order valence-electron chi connectivity index (χ2n) is 5.85. The normalized spacial score (nSPS) is 10.8. The maximum atomic E-state index is 11.9. The number of benzene rings is 3. The number of methoxy groups -OCH3 is 2. The van der Waals surface area contributed by atoms with Crippen molar-refractivity contribution in [1.82, 2.24) is 5.43 Å². The predicted octanol–water partition coefficient (Wildman–Crippen LogP) is 3.09. The average Bonchev–Trinajstić information content (AvgIpc) is 2.73. The molecular weight excluding hydrogens is 360 g/mol. The first-order valence-corrected chi connectivity index (χ1v) is 8.49. The van der Waals surface area contributed by atoms with Gasteiger partial charge in [-0.1, -0.05) is 18.2 Å². The van der Waals surface area contributed by atoms with Gasteiger partial charge >= 0.3 is 0 Å². The van der Waals surface area contributed by atoms with E-state index < -0.39 is 5.91 Å². The fourth-order valence-electron chi connectivity index (χ4n) is 2.58. The van der Waals surface area contributed by atoms with E-state index in [-0.39, 0.29) is 12.4 Å². The van der Waals surface area contributed by atoms with Gasteiger partial charge in [0.05, 0.1) is 20.4 Å². The van der Waals surface area contributed by atoms with Crippen molar-refractivity contribution in [3.8, 4) is 23.0 Å². The fraction of sp³-hybridized carbons (Fsp3) is 0.143. The van der Waals surface area contributed by atoms with E-state index >= 15 is 0 Å². The molecule has 3 rings (SSSR count).